The molecule has 0 amide bonds. The van der Waals surface area contributed by atoms with Gasteiger partial charge in [-0.2, -0.15) is 0 Å². The maximum absolute atomic E-state index is 13.1. The third-order valence-electron chi connectivity index (χ3n) is 2.55. The summed E-state index contributed by atoms with van der Waals surface area (Å²) in [4.78, 5) is 0. The fourth-order valence-electron chi connectivity index (χ4n) is 1.74. The zero-order chi connectivity index (χ0) is 14.5. The Morgan fingerprint density at radius 1 is 1.37 bits per heavy atom. The van der Waals surface area contributed by atoms with E-state index >= 15 is 0 Å². The van der Waals surface area contributed by atoms with Gasteiger partial charge in [-0.1, -0.05) is 26.0 Å². The Labute approximate surface area is 114 Å². The van der Waals surface area contributed by atoms with E-state index in [0.717, 1.165) is 0 Å². The Morgan fingerprint density at radius 3 is 2.58 bits per heavy atom. The molecule has 0 aliphatic carbocycles. The summed E-state index contributed by atoms with van der Waals surface area (Å²) in [6.45, 7) is 3.76. The van der Waals surface area contributed by atoms with Crippen molar-refractivity contribution in [3.8, 4) is 0 Å². The lowest BCUT2D eigenvalue weighted by Crippen LogP contribution is -2.32. The molecule has 6 heteroatoms. The first-order valence-electron chi connectivity index (χ1n) is 6.09. The standard InChI is InChI=1S/C13H20FNO3S/c1-10(2)9-19(16,17)15-8-13(18-3)11-5-4-6-12(14)7-11/h4-7,10,13,15H,8-9H2,1-3H3. The predicted molar refractivity (Wildman–Crippen MR) is 72.8 cm³/mol. The second-order valence-corrected chi connectivity index (χ2v) is 6.65. The van der Waals surface area contributed by atoms with E-state index in [1.165, 1.54) is 19.2 Å². The van der Waals surface area contributed by atoms with Gasteiger partial charge in [0.1, 0.15) is 5.82 Å². The Morgan fingerprint density at radius 2 is 2.05 bits per heavy atom. The number of hydrogen-bond acceptors (Lipinski definition) is 3. The molecule has 1 aromatic rings. The van der Waals surface area contributed by atoms with E-state index in [1.54, 1.807) is 12.1 Å². The first-order chi connectivity index (χ1) is 8.84. The maximum Gasteiger partial charge on any atom is 0.211 e. The minimum absolute atomic E-state index is 0.0488. The second-order valence-electron chi connectivity index (χ2n) is 4.80. The minimum Gasteiger partial charge on any atom is -0.375 e. The van der Waals surface area contributed by atoms with Crippen LogP contribution in [0.4, 0.5) is 4.39 Å². The van der Waals surface area contributed by atoms with Crippen LogP contribution in [0.15, 0.2) is 24.3 Å². The molecule has 0 aliphatic heterocycles. The number of hydrogen-bond donors (Lipinski definition) is 1. The largest absolute Gasteiger partial charge is 0.375 e. The van der Waals surface area contributed by atoms with Crippen LogP contribution in [0.2, 0.25) is 0 Å². The molecule has 0 heterocycles. The topological polar surface area (TPSA) is 55.4 Å². The van der Waals surface area contributed by atoms with Crippen molar-refractivity contribution < 1.29 is 17.5 Å². The SMILES string of the molecule is COC(CNS(=O)(=O)CC(C)C)c1cccc(F)c1. The van der Waals surface area contributed by atoms with Gasteiger partial charge in [0.15, 0.2) is 0 Å². The van der Waals surface area contributed by atoms with E-state index < -0.39 is 16.1 Å². The third kappa shape index (κ3) is 5.67. The molecule has 4 nitrogen and oxygen atoms in total. The molecule has 1 unspecified atom stereocenters. The number of rotatable bonds is 7. The van der Waals surface area contributed by atoms with Gasteiger partial charge in [0.05, 0.1) is 11.9 Å². The van der Waals surface area contributed by atoms with Gasteiger partial charge in [-0.15, -0.1) is 0 Å². The van der Waals surface area contributed by atoms with E-state index in [2.05, 4.69) is 4.72 Å². The average molecular weight is 289 g/mol. The number of methoxy groups -OCH3 is 1. The predicted octanol–water partition coefficient (Wildman–Crippen LogP) is 2.09. The Hall–Kier alpha value is -0.980. The fraction of sp³-hybridized carbons (Fsp3) is 0.538. The molecule has 0 saturated carbocycles. The molecule has 108 valence electrons. The molecule has 0 fully saturated rings. The minimum atomic E-state index is -3.33. The molecule has 1 N–H and O–H groups in total. The molecular weight excluding hydrogens is 269 g/mol. The molecule has 1 rings (SSSR count). The average Bonchev–Trinajstić information content (AvgIpc) is 2.28. The van der Waals surface area contributed by atoms with E-state index in [0.29, 0.717) is 5.56 Å². The van der Waals surface area contributed by atoms with Crippen LogP contribution in [-0.4, -0.2) is 27.8 Å². The lowest BCUT2D eigenvalue weighted by molar-refractivity contribution is 0.107. The van der Waals surface area contributed by atoms with Crippen molar-refractivity contribution in [2.24, 2.45) is 5.92 Å². The van der Waals surface area contributed by atoms with Gasteiger partial charge < -0.3 is 4.74 Å². The Kier molecular flexibility index (Phi) is 5.90. The van der Waals surface area contributed by atoms with Crippen LogP contribution in [0.1, 0.15) is 25.5 Å². The number of halogens is 1. The summed E-state index contributed by atoms with van der Waals surface area (Å²) in [5.41, 5.74) is 0.606. The first-order valence-corrected chi connectivity index (χ1v) is 7.75. The van der Waals surface area contributed by atoms with Gasteiger partial charge in [-0.25, -0.2) is 17.5 Å². The summed E-state index contributed by atoms with van der Waals surface area (Å²) < 4.78 is 44.2. The van der Waals surface area contributed by atoms with Crippen molar-refractivity contribution in [2.75, 3.05) is 19.4 Å². The van der Waals surface area contributed by atoms with E-state index in [1.807, 2.05) is 13.8 Å². The van der Waals surface area contributed by atoms with Crippen LogP contribution in [0.3, 0.4) is 0 Å². The van der Waals surface area contributed by atoms with Gasteiger partial charge in [0.2, 0.25) is 10.0 Å². The third-order valence-corrected chi connectivity index (χ3v) is 4.26. The van der Waals surface area contributed by atoms with Gasteiger partial charge in [0, 0.05) is 13.7 Å². The van der Waals surface area contributed by atoms with Crippen LogP contribution >= 0.6 is 0 Å². The highest BCUT2D eigenvalue weighted by molar-refractivity contribution is 7.89. The molecule has 0 radical (unpaired) electrons. The van der Waals surface area contributed by atoms with Crippen LogP contribution in [0.5, 0.6) is 0 Å². The highest BCUT2D eigenvalue weighted by Crippen LogP contribution is 2.17. The van der Waals surface area contributed by atoms with E-state index in [-0.39, 0.29) is 24.0 Å². The van der Waals surface area contributed by atoms with Crippen LogP contribution in [-0.2, 0) is 14.8 Å². The number of sulfonamides is 1. The van der Waals surface area contributed by atoms with Crippen LogP contribution in [0.25, 0.3) is 0 Å². The summed E-state index contributed by atoms with van der Waals surface area (Å²) in [6.07, 6.45) is -0.502. The van der Waals surface area contributed by atoms with E-state index in [9.17, 15) is 12.8 Å². The van der Waals surface area contributed by atoms with Gasteiger partial charge >= 0.3 is 0 Å². The smallest absolute Gasteiger partial charge is 0.211 e. The van der Waals surface area contributed by atoms with Crippen molar-refractivity contribution in [1.29, 1.82) is 0 Å². The highest BCUT2D eigenvalue weighted by Gasteiger charge is 2.17. The molecule has 0 spiro atoms. The molecule has 1 aromatic carbocycles. The van der Waals surface area contributed by atoms with Crippen molar-refractivity contribution in [3.63, 3.8) is 0 Å². The maximum atomic E-state index is 13.1. The highest BCUT2D eigenvalue weighted by atomic mass is 32.2. The zero-order valence-corrected chi connectivity index (χ0v) is 12.2. The lowest BCUT2D eigenvalue weighted by atomic mass is 10.1. The van der Waals surface area contributed by atoms with Gasteiger partial charge in [0.25, 0.3) is 0 Å². The monoisotopic (exact) mass is 289 g/mol. The molecule has 1 atom stereocenters. The van der Waals surface area contributed by atoms with Crippen molar-refractivity contribution in [1.82, 2.24) is 4.72 Å². The summed E-state index contributed by atoms with van der Waals surface area (Å²) in [5, 5.41) is 0. The second kappa shape index (κ2) is 6.98. The fourth-order valence-corrected chi connectivity index (χ4v) is 3.15. The molecule has 0 aliphatic rings. The Balaban J connectivity index is 2.68. The molecule has 0 aromatic heterocycles. The number of nitrogens with one attached hydrogen (secondary N) is 1. The normalized spacial score (nSPS) is 13.7. The van der Waals surface area contributed by atoms with Crippen LogP contribution in [0, 0.1) is 11.7 Å². The first kappa shape index (κ1) is 16.1. The number of benzene rings is 1. The molecule has 0 bridgehead atoms. The zero-order valence-electron chi connectivity index (χ0n) is 11.4. The van der Waals surface area contributed by atoms with Gasteiger partial charge in [-0.3, -0.25) is 0 Å². The van der Waals surface area contributed by atoms with Crippen molar-refractivity contribution >= 4 is 10.0 Å². The van der Waals surface area contributed by atoms with E-state index in [4.69, 9.17) is 4.74 Å². The van der Waals surface area contributed by atoms with Crippen molar-refractivity contribution in [2.45, 2.75) is 20.0 Å². The molecular formula is C13H20FNO3S. The summed E-state index contributed by atoms with van der Waals surface area (Å²) in [7, 11) is -1.86. The molecule has 19 heavy (non-hydrogen) atoms. The van der Waals surface area contributed by atoms with Crippen LogP contribution < -0.4 is 4.72 Å². The Bertz CT molecular complexity index is 502. The quantitative estimate of drug-likeness (QED) is 0.836. The summed E-state index contributed by atoms with van der Waals surface area (Å²) >= 11 is 0. The summed E-state index contributed by atoms with van der Waals surface area (Å²) in [6, 6.07) is 5.94. The number of ether oxygens (including phenoxy) is 1. The summed E-state index contributed by atoms with van der Waals surface area (Å²) in [5.74, 6) is -0.260. The lowest BCUT2D eigenvalue weighted by Gasteiger charge is -2.17. The van der Waals surface area contributed by atoms with Crippen molar-refractivity contribution in [3.05, 3.63) is 35.6 Å². The van der Waals surface area contributed by atoms with Gasteiger partial charge in [-0.05, 0) is 23.6 Å². The molecule has 0 saturated heterocycles.